The number of thiocarbonyl (C=S) groups is 1. The van der Waals surface area contributed by atoms with Gasteiger partial charge in [-0.25, -0.2) is 4.79 Å². The third kappa shape index (κ3) is 4.46. The molecule has 8 heteroatoms. The summed E-state index contributed by atoms with van der Waals surface area (Å²) in [4.78, 5) is 23.5. The minimum absolute atomic E-state index is 0.0206. The van der Waals surface area contributed by atoms with Crippen molar-refractivity contribution in [3.63, 3.8) is 0 Å². The fourth-order valence-corrected chi connectivity index (χ4v) is 2.61. The SMILES string of the molecule is COc1c(C)cccc1C(=O)NC(=S)Nc1ccc(Cl)c(C(=O)O)c1. The summed E-state index contributed by atoms with van der Waals surface area (Å²) < 4.78 is 5.25. The van der Waals surface area contributed by atoms with E-state index in [4.69, 9.17) is 33.7 Å². The highest BCUT2D eigenvalue weighted by Crippen LogP contribution is 2.23. The van der Waals surface area contributed by atoms with E-state index in [1.165, 1.54) is 19.2 Å². The van der Waals surface area contributed by atoms with Crippen molar-refractivity contribution in [2.75, 3.05) is 12.4 Å². The first kappa shape index (κ1) is 18.7. The van der Waals surface area contributed by atoms with Gasteiger partial charge in [-0.15, -0.1) is 0 Å². The van der Waals surface area contributed by atoms with E-state index in [1.54, 1.807) is 18.2 Å². The van der Waals surface area contributed by atoms with Crippen molar-refractivity contribution in [1.29, 1.82) is 0 Å². The Morgan fingerprint density at radius 2 is 1.92 bits per heavy atom. The van der Waals surface area contributed by atoms with Gasteiger partial charge in [0.2, 0.25) is 0 Å². The van der Waals surface area contributed by atoms with Crippen molar-refractivity contribution in [3.05, 3.63) is 58.1 Å². The average Bonchev–Trinajstić information content (AvgIpc) is 2.55. The molecule has 0 radical (unpaired) electrons. The highest BCUT2D eigenvalue weighted by molar-refractivity contribution is 7.80. The summed E-state index contributed by atoms with van der Waals surface area (Å²) in [5, 5.41) is 14.5. The summed E-state index contributed by atoms with van der Waals surface area (Å²) >= 11 is 10.9. The number of carboxylic acids is 1. The summed E-state index contributed by atoms with van der Waals surface area (Å²) in [6.45, 7) is 1.83. The molecule has 2 rings (SSSR count). The third-order valence-electron chi connectivity index (χ3n) is 3.34. The van der Waals surface area contributed by atoms with E-state index in [1.807, 2.05) is 13.0 Å². The van der Waals surface area contributed by atoms with Gasteiger partial charge in [0.25, 0.3) is 5.91 Å². The Morgan fingerprint density at radius 1 is 1.20 bits per heavy atom. The van der Waals surface area contributed by atoms with Crippen LogP contribution in [0.2, 0.25) is 5.02 Å². The monoisotopic (exact) mass is 378 g/mol. The molecule has 1 amide bonds. The van der Waals surface area contributed by atoms with Crippen LogP contribution in [0.1, 0.15) is 26.3 Å². The molecule has 0 aromatic heterocycles. The van der Waals surface area contributed by atoms with Gasteiger partial charge in [-0.05, 0) is 49.0 Å². The maximum atomic E-state index is 12.4. The number of ether oxygens (including phenoxy) is 1. The molecule has 0 fully saturated rings. The summed E-state index contributed by atoms with van der Waals surface area (Å²) in [6, 6.07) is 9.50. The number of aromatic carboxylic acids is 1. The molecule has 6 nitrogen and oxygen atoms in total. The molecule has 130 valence electrons. The fraction of sp³-hybridized carbons (Fsp3) is 0.118. The highest BCUT2D eigenvalue weighted by Gasteiger charge is 2.16. The van der Waals surface area contributed by atoms with Crippen LogP contribution in [-0.4, -0.2) is 29.2 Å². The molecule has 0 spiro atoms. The lowest BCUT2D eigenvalue weighted by Crippen LogP contribution is -2.34. The largest absolute Gasteiger partial charge is 0.496 e. The van der Waals surface area contributed by atoms with Gasteiger partial charge in [-0.1, -0.05) is 23.7 Å². The van der Waals surface area contributed by atoms with Crippen LogP contribution in [0.15, 0.2) is 36.4 Å². The molecule has 0 aliphatic rings. The van der Waals surface area contributed by atoms with Crippen molar-refractivity contribution >= 4 is 46.5 Å². The number of aryl methyl sites for hydroxylation is 1. The number of halogens is 1. The van der Waals surface area contributed by atoms with Gasteiger partial charge < -0.3 is 15.2 Å². The number of amides is 1. The number of rotatable bonds is 4. The number of carbonyl (C=O) groups excluding carboxylic acids is 1. The van der Waals surface area contributed by atoms with Crippen LogP contribution >= 0.6 is 23.8 Å². The van der Waals surface area contributed by atoms with E-state index in [9.17, 15) is 9.59 Å². The molecule has 0 saturated heterocycles. The zero-order valence-electron chi connectivity index (χ0n) is 13.4. The number of hydrogen-bond donors (Lipinski definition) is 3. The van der Waals surface area contributed by atoms with Crippen molar-refractivity contribution in [2.24, 2.45) is 0 Å². The Kier molecular flexibility index (Phi) is 5.95. The third-order valence-corrected chi connectivity index (χ3v) is 3.88. The van der Waals surface area contributed by atoms with Gasteiger partial charge in [-0.3, -0.25) is 10.1 Å². The van der Waals surface area contributed by atoms with Gasteiger partial charge >= 0.3 is 5.97 Å². The number of para-hydroxylation sites is 1. The van der Waals surface area contributed by atoms with Crippen LogP contribution in [0.25, 0.3) is 0 Å². The Hall–Kier alpha value is -2.64. The van der Waals surface area contributed by atoms with Crippen LogP contribution in [0, 0.1) is 6.92 Å². The molecule has 2 aromatic rings. The Morgan fingerprint density at radius 3 is 2.56 bits per heavy atom. The van der Waals surface area contributed by atoms with E-state index in [-0.39, 0.29) is 15.7 Å². The van der Waals surface area contributed by atoms with E-state index in [2.05, 4.69) is 10.6 Å². The lowest BCUT2D eigenvalue weighted by molar-refractivity contribution is 0.0697. The molecule has 3 N–H and O–H groups in total. The van der Waals surface area contributed by atoms with Crippen molar-refractivity contribution < 1.29 is 19.4 Å². The second-order valence-electron chi connectivity index (χ2n) is 5.06. The first-order chi connectivity index (χ1) is 11.8. The normalized spacial score (nSPS) is 10.0. The Bertz CT molecular complexity index is 855. The molecule has 0 aliphatic carbocycles. The zero-order chi connectivity index (χ0) is 18.6. The number of hydrogen-bond acceptors (Lipinski definition) is 4. The van der Waals surface area contributed by atoms with Gasteiger partial charge in [0, 0.05) is 5.69 Å². The minimum Gasteiger partial charge on any atom is -0.496 e. The van der Waals surface area contributed by atoms with Crippen LogP contribution in [0.4, 0.5) is 5.69 Å². The van der Waals surface area contributed by atoms with E-state index >= 15 is 0 Å². The van der Waals surface area contributed by atoms with Gasteiger partial charge in [0.15, 0.2) is 5.11 Å². The molecule has 0 aliphatic heterocycles. The van der Waals surface area contributed by atoms with Crippen LogP contribution < -0.4 is 15.4 Å². The summed E-state index contributed by atoms with van der Waals surface area (Å²) in [5.41, 5.74) is 1.48. The van der Waals surface area contributed by atoms with Gasteiger partial charge in [-0.2, -0.15) is 0 Å². The van der Waals surface area contributed by atoms with Crippen LogP contribution in [-0.2, 0) is 0 Å². The first-order valence-electron chi connectivity index (χ1n) is 7.12. The van der Waals surface area contributed by atoms with Crippen molar-refractivity contribution in [3.8, 4) is 5.75 Å². The molecular weight excluding hydrogens is 364 g/mol. The molecule has 0 saturated carbocycles. The summed E-state index contributed by atoms with van der Waals surface area (Å²) in [6.07, 6.45) is 0. The maximum absolute atomic E-state index is 12.4. The predicted octanol–water partition coefficient (Wildman–Crippen LogP) is 3.48. The van der Waals surface area contributed by atoms with Crippen LogP contribution in [0.3, 0.4) is 0 Å². The topological polar surface area (TPSA) is 87.7 Å². The number of nitrogens with one attached hydrogen (secondary N) is 2. The molecule has 0 heterocycles. The van der Waals surface area contributed by atoms with Gasteiger partial charge in [0.1, 0.15) is 5.75 Å². The lowest BCUT2D eigenvalue weighted by Gasteiger charge is -2.13. The molecule has 0 unspecified atom stereocenters. The van der Waals surface area contributed by atoms with E-state index in [0.29, 0.717) is 17.0 Å². The second kappa shape index (κ2) is 7.96. The fourth-order valence-electron chi connectivity index (χ4n) is 2.20. The number of carboxylic acid groups (broad SMARTS) is 1. The molecular formula is C17H15ClN2O4S. The average molecular weight is 379 g/mol. The molecule has 2 aromatic carbocycles. The second-order valence-corrected chi connectivity index (χ2v) is 5.88. The number of benzene rings is 2. The molecule has 0 atom stereocenters. The summed E-state index contributed by atoms with van der Waals surface area (Å²) in [5.74, 6) is -1.14. The summed E-state index contributed by atoms with van der Waals surface area (Å²) in [7, 11) is 1.48. The first-order valence-corrected chi connectivity index (χ1v) is 7.91. The maximum Gasteiger partial charge on any atom is 0.337 e. The van der Waals surface area contributed by atoms with E-state index < -0.39 is 11.9 Å². The molecule has 25 heavy (non-hydrogen) atoms. The van der Waals surface area contributed by atoms with Crippen molar-refractivity contribution in [2.45, 2.75) is 6.92 Å². The standard InChI is InChI=1S/C17H15ClN2O4S/c1-9-4-3-5-11(14(9)24-2)15(21)20-17(25)19-10-6-7-13(18)12(8-10)16(22)23/h3-8H,1-2H3,(H,22,23)(H2,19,20,21,25). The lowest BCUT2D eigenvalue weighted by atomic mass is 10.1. The van der Waals surface area contributed by atoms with Crippen LogP contribution in [0.5, 0.6) is 5.75 Å². The minimum atomic E-state index is -1.16. The van der Waals surface area contributed by atoms with Crippen molar-refractivity contribution in [1.82, 2.24) is 5.32 Å². The quantitative estimate of drug-likeness (QED) is 0.706. The van der Waals surface area contributed by atoms with E-state index in [0.717, 1.165) is 5.56 Å². The zero-order valence-corrected chi connectivity index (χ0v) is 15.0. The Balaban J connectivity index is 2.13. The predicted molar refractivity (Wildman–Crippen MR) is 99.8 cm³/mol. The Labute approximate surface area is 154 Å². The number of carbonyl (C=O) groups is 2. The number of anilines is 1. The smallest absolute Gasteiger partial charge is 0.337 e. The highest BCUT2D eigenvalue weighted by atomic mass is 35.5. The number of methoxy groups -OCH3 is 1. The van der Waals surface area contributed by atoms with Gasteiger partial charge in [0.05, 0.1) is 23.3 Å². The molecule has 0 bridgehead atoms.